The van der Waals surface area contributed by atoms with Crippen molar-refractivity contribution in [3.05, 3.63) is 24.3 Å². The van der Waals surface area contributed by atoms with Gasteiger partial charge in [0.05, 0.1) is 4.75 Å². The Kier molecular flexibility index (Phi) is 7.57. The second-order valence-electron chi connectivity index (χ2n) is 6.24. The molecule has 23 heavy (non-hydrogen) atoms. The first-order valence-corrected chi connectivity index (χ1v) is 10.3. The number of hydrogen-bond donors (Lipinski definition) is 2. The number of benzene rings is 1. The van der Waals surface area contributed by atoms with Gasteiger partial charge in [-0.1, -0.05) is 0 Å². The molecule has 0 saturated carbocycles. The molecule has 1 amide bonds. The van der Waals surface area contributed by atoms with Crippen molar-refractivity contribution < 1.29 is 13.2 Å². The van der Waals surface area contributed by atoms with Gasteiger partial charge in [-0.15, -0.1) is 11.8 Å². The number of rotatable bonds is 8. The second kappa shape index (κ2) is 8.70. The van der Waals surface area contributed by atoms with E-state index in [-0.39, 0.29) is 5.91 Å². The number of sulfonamides is 1. The van der Waals surface area contributed by atoms with E-state index in [9.17, 15) is 13.2 Å². The molecule has 0 saturated heterocycles. The highest BCUT2D eigenvalue weighted by Crippen LogP contribution is 2.17. The van der Waals surface area contributed by atoms with Gasteiger partial charge in [-0.25, -0.2) is 13.1 Å². The van der Waals surface area contributed by atoms with Crippen LogP contribution in [0.5, 0.6) is 0 Å². The van der Waals surface area contributed by atoms with Crippen LogP contribution in [0.2, 0.25) is 0 Å². The first kappa shape index (κ1) is 20.0. The van der Waals surface area contributed by atoms with Crippen LogP contribution in [0.1, 0.15) is 40.0 Å². The Morgan fingerprint density at radius 1 is 1.13 bits per heavy atom. The molecule has 0 radical (unpaired) electrons. The molecule has 0 aliphatic heterocycles. The molecule has 7 heteroatoms. The van der Waals surface area contributed by atoms with E-state index < -0.39 is 14.8 Å². The summed E-state index contributed by atoms with van der Waals surface area (Å²) < 4.78 is 25.5. The lowest BCUT2D eigenvalue weighted by atomic mass is 10.2. The van der Waals surface area contributed by atoms with E-state index >= 15 is 0 Å². The summed E-state index contributed by atoms with van der Waals surface area (Å²) in [7, 11) is -3.31. The summed E-state index contributed by atoms with van der Waals surface area (Å²) in [4.78, 5) is 13.0. The molecular formula is C16H26N2O3S2. The summed E-state index contributed by atoms with van der Waals surface area (Å²) >= 11 is 1.65. The number of amides is 1. The fourth-order valence-corrected chi connectivity index (χ4v) is 2.99. The van der Waals surface area contributed by atoms with Crippen LogP contribution in [0.15, 0.2) is 29.2 Å². The topological polar surface area (TPSA) is 75.3 Å². The van der Waals surface area contributed by atoms with E-state index in [2.05, 4.69) is 10.0 Å². The van der Waals surface area contributed by atoms with E-state index in [1.165, 1.54) is 0 Å². The zero-order valence-corrected chi connectivity index (χ0v) is 15.8. The molecule has 0 aromatic heterocycles. The molecule has 1 rings (SSSR count). The quantitative estimate of drug-likeness (QED) is 0.552. The zero-order chi connectivity index (χ0) is 17.5. The van der Waals surface area contributed by atoms with Gasteiger partial charge in [0, 0.05) is 23.5 Å². The third kappa shape index (κ3) is 6.93. The van der Waals surface area contributed by atoms with Gasteiger partial charge in [0.1, 0.15) is 0 Å². The minimum atomic E-state index is -3.31. The molecular weight excluding hydrogens is 332 g/mol. The van der Waals surface area contributed by atoms with Crippen molar-refractivity contribution in [1.29, 1.82) is 0 Å². The Labute approximate surface area is 143 Å². The van der Waals surface area contributed by atoms with Gasteiger partial charge in [0.15, 0.2) is 0 Å². The highest BCUT2D eigenvalue weighted by Gasteiger charge is 2.27. The molecule has 0 aliphatic rings. The molecule has 1 aromatic carbocycles. The van der Waals surface area contributed by atoms with Gasteiger partial charge in [0.2, 0.25) is 15.9 Å². The maximum Gasteiger partial charge on any atom is 0.224 e. The molecule has 0 heterocycles. The Morgan fingerprint density at radius 3 is 2.26 bits per heavy atom. The molecule has 0 atom stereocenters. The Balaban J connectivity index is 2.26. The fraction of sp³-hybridized carbons (Fsp3) is 0.562. The number of nitrogens with one attached hydrogen (secondary N) is 2. The van der Waals surface area contributed by atoms with Gasteiger partial charge in [-0.05, 0) is 64.1 Å². The molecule has 0 aliphatic carbocycles. The predicted molar refractivity (Wildman–Crippen MR) is 97.4 cm³/mol. The second-order valence-corrected chi connectivity index (χ2v) is 9.64. The van der Waals surface area contributed by atoms with Crippen LogP contribution in [0.3, 0.4) is 0 Å². The van der Waals surface area contributed by atoms with Gasteiger partial charge < -0.3 is 5.32 Å². The Hall–Kier alpha value is -1.05. The maximum absolute atomic E-state index is 11.9. The smallest absolute Gasteiger partial charge is 0.224 e. The minimum absolute atomic E-state index is 0.0550. The van der Waals surface area contributed by atoms with Crippen molar-refractivity contribution in [3.8, 4) is 0 Å². The zero-order valence-electron chi connectivity index (χ0n) is 14.2. The lowest BCUT2D eigenvalue weighted by Gasteiger charge is -2.19. The Morgan fingerprint density at radius 2 is 1.74 bits per heavy atom. The van der Waals surface area contributed by atoms with Crippen molar-refractivity contribution >= 4 is 33.4 Å². The number of unbranched alkanes of at least 4 members (excludes halogenated alkanes) is 1. The third-order valence-electron chi connectivity index (χ3n) is 3.30. The molecule has 0 bridgehead atoms. The summed E-state index contributed by atoms with van der Waals surface area (Å²) in [6.07, 6.45) is 3.65. The van der Waals surface area contributed by atoms with Crippen LogP contribution in [0.25, 0.3) is 0 Å². The molecule has 1 aromatic rings. The maximum atomic E-state index is 11.9. The van der Waals surface area contributed by atoms with Crippen LogP contribution in [0, 0.1) is 0 Å². The van der Waals surface area contributed by atoms with Gasteiger partial charge >= 0.3 is 0 Å². The average molecular weight is 359 g/mol. The minimum Gasteiger partial charge on any atom is -0.326 e. The Bertz CT molecular complexity index is 605. The van der Waals surface area contributed by atoms with Crippen molar-refractivity contribution in [3.63, 3.8) is 0 Å². The first-order valence-electron chi connectivity index (χ1n) is 7.59. The summed E-state index contributed by atoms with van der Waals surface area (Å²) in [5.41, 5.74) is 0.779. The SMILES string of the molecule is CSc1ccc(NC(=O)CCCCNS(=O)(=O)C(C)(C)C)cc1. The van der Waals surface area contributed by atoms with Crippen LogP contribution in [-0.2, 0) is 14.8 Å². The molecule has 5 nitrogen and oxygen atoms in total. The monoisotopic (exact) mass is 358 g/mol. The van der Waals surface area contributed by atoms with E-state index in [1.807, 2.05) is 30.5 Å². The first-order chi connectivity index (χ1) is 10.7. The molecule has 0 unspecified atom stereocenters. The van der Waals surface area contributed by atoms with Crippen molar-refractivity contribution in [2.24, 2.45) is 0 Å². The summed E-state index contributed by atoms with van der Waals surface area (Å²) in [6, 6.07) is 7.67. The lowest BCUT2D eigenvalue weighted by molar-refractivity contribution is -0.116. The average Bonchev–Trinajstić information content (AvgIpc) is 2.46. The van der Waals surface area contributed by atoms with Crippen LogP contribution < -0.4 is 10.0 Å². The van der Waals surface area contributed by atoms with E-state index in [0.29, 0.717) is 25.8 Å². The number of hydrogen-bond acceptors (Lipinski definition) is 4. The van der Waals surface area contributed by atoms with Gasteiger partial charge in [-0.2, -0.15) is 0 Å². The normalized spacial score (nSPS) is 12.2. The molecule has 2 N–H and O–H groups in total. The lowest BCUT2D eigenvalue weighted by Crippen LogP contribution is -2.39. The van der Waals surface area contributed by atoms with Crippen LogP contribution in [0.4, 0.5) is 5.69 Å². The molecule has 130 valence electrons. The van der Waals surface area contributed by atoms with E-state index in [4.69, 9.17) is 0 Å². The fourth-order valence-electron chi connectivity index (χ4n) is 1.73. The van der Waals surface area contributed by atoms with Gasteiger partial charge in [0.25, 0.3) is 0 Å². The standard InChI is InChI=1S/C16H26N2O3S2/c1-16(2,3)23(20,21)17-12-6-5-7-15(19)18-13-8-10-14(22-4)11-9-13/h8-11,17H,5-7,12H2,1-4H3,(H,18,19). The molecule has 0 spiro atoms. The summed E-state index contributed by atoms with van der Waals surface area (Å²) in [5, 5.41) is 2.84. The van der Waals surface area contributed by atoms with Gasteiger partial charge in [-0.3, -0.25) is 4.79 Å². The van der Waals surface area contributed by atoms with Crippen molar-refractivity contribution in [2.45, 2.75) is 49.7 Å². The number of thioether (sulfide) groups is 1. The third-order valence-corrected chi connectivity index (χ3v) is 6.24. The van der Waals surface area contributed by atoms with E-state index in [0.717, 1.165) is 10.6 Å². The van der Waals surface area contributed by atoms with Crippen LogP contribution in [-0.4, -0.2) is 31.9 Å². The molecule has 0 fully saturated rings. The largest absolute Gasteiger partial charge is 0.326 e. The van der Waals surface area contributed by atoms with E-state index in [1.54, 1.807) is 32.5 Å². The van der Waals surface area contributed by atoms with Crippen LogP contribution >= 0.6 is 11.8 Å². The highest BCUT2D eigenvalue weighted by atomic mass is 32.2. The summed E-state index contributed by atoms with van der Waals surface area (Å²) in [5.74, 6) is -0.0550. The highest BCUT2D eigenvalue weighted by molar-refractivity contribution is 7.98. The predicted octanol–water partition coefficient (Wildman–Crippen LogP) is 3.24. The number of carbonyl (C=O) groups excluding carboxylic acids is 1. The van der Waals surface area contributed by atoms with Crippen molar-refractivity contribution in [2.75, 3.05) is 18.1 Å². The van der Waals surface area contributed by atoms with Crippen molar-refractivity contribution in [1.82, 2.24) is 4.72 Å². The number of anilines is 1. The number of carbonyl (C=O) groups is 1. The summed E-state index contributed by atoms with van der Waals surface area (Å²) in [6.45, 7) is 5.33.